The Bertz CT molecular complexity index is 845. The minimum Gasteiger partial charge on any atom is -0.355 e. The summed E-state index contributed by atoms with van der Waals surface area (Å²) in [5.74, 6) is 0. The van der Waals surface area contributed by atoms with Crippen molar-refractivity contribution in [3.8, 4) is 11.1 Å². The van der Waals surface area contributed by atoms with Gasteiger partial charge in [0.25, 0.3) is 0 Å². The molecule has 0 atom stereocenters. The fraction of sp³-hybridized carbons (Fsp3) is 0.250. The first kappa shape index (κ1) is 17.3. The summed E-state index contributed by atoms with van der Waals surface area (Å²) in [6, 6.07) is 15.2. The Kier molecular flexibility index (Phi) is 4.94. The Morgan fingerprint density at radius 2 is 1.76 bits per heavy atom. The van der Waals surface area contributed by atoms with Gasteiger partial charge in [0.15, 0.2) is 0 Å². The van der Waals surface area contributed by atoms with Crippen molar-refractivity contribution in [1.29, 1.82) is 0 Å². The second-order valence-corrected chi connectivity index (χ2v) is 7.64. The van der Waals surface area contributed by atoms with Gasteiger partial charge in [0.1, 0.15) is 0 Å². The molecule has 0 spiro atoms. The molecule has 3 rings (SSSR count). The van der Waals surface area contributed by atoms with Crippen molar-refractivity contribution in [3.63, 3.8) is 0 Å². The van der Waals surface area contributed by atoms with Crippen LogP contribution in [-0.4, -0.2) is 0 Å². The van der Waals surface area contributed by atoms with Crippen LogP contribution < -0.4 is 5.32 Å². The van der Waals surface area contributed by atoms with E-state index < -0.39 is 0 Å². The fourth-order valence-electron chi connectivity index (χ4n) is 3.19. The van der Waals surface area contributed by atoms with Crippen molar-refractivity contribution in [2.24, 2.45) is 5.41 Å². The van der Waals surface area contributed by atoms with Gasteiger partial charge in [-0.3, -0.25) is 0 Å². The summed E-state index contributed by atoms with van der Waals surface area (Å²) < 4.78 is 0. The number of rotatable bonds is 4. The summed E-state index contributed by atoms with van der Waals surface area (Å²) in [5, 5.41) is 3.62. The average Bonchev–Trinajstić information content (AvgIpc) is 2.94. The summed E-state index contributed by atoms with van der Waals surface area (Å²) in [4.78, 5) is 0. The summed E-state index contributed by atoms with van der Waals surface area (Å²) in [5.41, 5.74) is 8.01. The Morgan fingerprint density at radius 3 is 2.52 bits per heavy atom. The van der Waals surface area contributed by atoms with Crippen LogP contribution in [0.15, 0.2) is 78.5 Å². The van der Waals surface area contributed by atoms with E-state index in [1.54, 1.807) is 0 Å². The second kappa shape index (κ2) is 7.14. The highest BCUT2D eigenvalue weighted by atomic mass is 14.9. The Morgan fingerprint density at radius 1 is 1.00 bits per heavy atom. The minimum absolute atomic E-state index is 0.188. The molecule has 0 aromatic heterocycles. The molecule has 1 nitrogen and oxygen atoms in total. The third-order valence-electron chi connectivity index (χ3n) is 4.35. The van der Waals surface area contributed by atoms with Gasteiger partial charge in [-0.2, -0.15) is 0 Å². The van der Waals surface area contributed by atoms with E-state index in [1.807, 2.05) is 6.92 Å². The van der Waals surface area contributed by atoms with E-state index in [9.17, 15) is 0 Å². The van der Waals surface area contributed by atoms with Crippen molar-refractivity contribution < 1.29 is 0 Å². The van der Waals surface area contributed by atoms with Gasteiger partial charge in [-0.25, -0.2) is 0 Å². The van der Waals surface area contributed by atoms with Crippen LogP contribution in [0.1, 0.15) is 38.8 Å². The monoisotopic (exact) mass is 329 g/mol. The van der Waals surface area contributed by atoms with E-state index in [-0.39, 0.29) is 5.41 Å². The summed E-state index contributed by atoms with van der Waals surface area (Å²) in [6.45, 7) is 8.68. The lowest BCUT2D eigenvalue weighted by Crippen LogP contribution is -2.01. The lowest BCUT2D eigenvalue weighted by Gasteiger charge is -2.13. The highest BCUT2D eigenvalue weighted by Gasteiger charge is 2.20. The predicted molar refractivity (Wildman–Crippen MR) is 110 cm³/mol. The van der Waals surface area contributed by atoms with Gasteiger partial charge in [0, 0.05) is 17.8 Å². The normalized spacial score (nSPS) is 14.2. The molecule has 0 bridgehead atoms. The van der Waals surface area contributed by atoms with Crippen LogP contribution in [0.25, 0.3) is 11.1 Å². The van der Waals surface area contributed by atoms with Crippen molar-refractivity contribution >= 4 is 5.69 Å². The van der Waals surface area contributed by atoms with E-state index in [0.717, 1.165) is 12.1 Å². The number of hydrogen-bond donors (Lipinski definition) is 1. The van der Waals surface area contributed by atoms with E-state index in [0.29, 0.717) is 0 Å². The number of allylic oxidation sites excluding steroid dienone is 5. The second-order valence-electron chi connectivity index (χ2n) is 7.64. The van der Waals surface area contributed by atoms with Crippen LogP contribution in [0.2, 0.25) is 0 Å². The molecule has 1 aliphatic rings. The molecule has 0 saturated heterocycles. The number of hydrogen-bond acceptors (Lipinski definition) is 1. The maximum absolute atomic E-state index is 3.62. The average molecular weight is 329 g/mol. The van der Waals surface area contributed by atoms with Gasteiger partial charge in [0.05, 0.1) is 0 Å². The molecule has 0 fully saturated rings. The third-order valence-corrected chi connectivity index (χ3v) is 4.35. The predicted octanol–water partition coefficient (Wildman–Crippen LogP) is 6.73. The van der Waals surface area contributed by atoms with E-state index in [1.165, 1.54) is 27.9 Å². The zero-order valence-corrected chi connectivity index (χ0v) is 15.6. The molecule has 0 saturated carbocycles. The van der Waals surface area contributed by atoms with Crippen molar-refractivity contribution in [2.75, 3.05) is 5.32 Å². The topological polar surface area (TPSA) is 12.0 Å². The molecule has 2 aromatic carbocycles. The zero-order valence-electron chi connectivity index (χ0n) is 15.6. The van der Waals surface area contributed by atoms with Gasteiger partial charge >= 0.3 is 0 Å². The molecule has 25 heavy (non-hydrogen) atoms. The molecule has 1 N–H and O–H groups in total. The van der Waals surface area contributed by atoms with Gasteiger partial charge < -0.3 is 5.32 Å². The number of nitrogens with one attached hydrogen (secondary N) is 1. The lowest BCUT2D eigenvalue weighted by molar-refractivity contribution is 0.544. The minimum atomic E-state index is 0.188. The van der Waals surface area contributed by atoms with Crippen molar-refractivity contribution in [2.45, 2.75) is 34.1 Å². The molecule has 1 aliphatic carbocycles. The molecule has 0 unspecified atom stereocenters. The Hall–Kier alpha value is -2.54. The largest absolute Gasteiger partial charge is 0.355 e. The summed E-state index contributed by atoms with van der Waals surface area (Å²) in [6.07, 6.45) is 11.7. The van der Waals surface area contributed by atoms with Crippen molar-refractivity contribution in [3.05, 3.63) is 89.7 Å². The van der Waals surface area contributed by atoms with Gasteiger partial charge in [-0.15, -0.1) is 0 Å². The fourth-order valence-corrected chi connectivity index (χ4v) is 3.19. The van der Waals surface area contributed by atoms with Crippen LogP contribution in [0.5, 0.6) is 0 Å². The molecule has 0 radical (unpaired) electrons. The molecular weight excluding hydrogens is 302 g/mol. The number of benzene rings is 2. The first-order valence-electron chi connectivity index (χ1n) is 8.97. The Labute approximate surface area is 151 Å². The lowest BCUT2D eigenvalue weighted by atomic mass is 9.96. The van der Waals surface area contributed by atoms with Crippen LogP contribution in [0.3, 0.4) is 0 Å². The third kappa shape index (κ3) is 4.11. The first-order chi connectivity index (χ1) is 12.0. The zero-order chi connectivity index (χ0) is 17.9. The molecule has 0 aliphatic heterocycles. The molecular formula is C24H27N. The van der Waals surface area contributed by atoms with Gasteiger partial charge in [-0.05, 0) is 52.8 Å². The molecule has 0 heterocycles. The number of fused-ring (bicyclic) bond motifs is 3. The maximum atomic E-state index is 3.62. The Balaban J connectivity index is 1.90. The highest BCUT2D eigenvalue weighted by molar-refractivity contribution is 5.82. The van der Waals surface area contributed by atoms with Crippen LogP contribution >= 0.6 is 0 Å². The quantitative estimate of drug-likeness (QED) is 0.523. The van der Waals surface area contributed by atoms with Crippen LogP contribution in [-0.2, 0) is 6.42 Å². The molecule has 2 aromatic rings. The highest BCUT2D eigenvalue weighted by Crippen LogP contribution is 2.40. The molecule has 0 amide bonds. The van der Waals surface area contributed by atoms with E-state index in [2.05, 4.69) is 98.9 Å². The number of anilines is 1. The summed E-state index contributed by atoms with van der Waals surface area (Å²) in [7, 11) is 0. The van der Waals surface area contributed by atoms with Gasteiger partial charge in [-0.1, -0.05) is 75.4 Å². The van der Waals surface area contributed by atoms with Crippen LogP contribution in [0.4, 0.5) is 5.69 Å². The maximum Gasteiger partial charge on any atom is 0.0426 e. The van der Waals surface area contributed by atoms with E-state index >= 15 is 0 Å². The standard InChI is InChI=1S/C24H27N/c1-5-10-19(12-9-16-24(2,3)4)25-23-15-8-14-21-20-13-7-6-11-18(20)17-22(21)23/h5-16,25H,17H2,1-4H3/b10-5-,16-9+,19-12+. The molecule has 128 valence electrons. The smallest absolute Gasteiger partial charge is 0.0426 e. The van der Waals surface area contributed by atoms with Gasteiger partial charge in [0.2, 0.25) is 0 Å². The molecule has 1 heteroatoms. The SMILES string of the molecule is C\C=C/C(=C\C=C\C(C)(C)C)Nc1cccc2c1Cc1ccccc1-2. The van der Waals surface area contributed by atoms with Crippen molar-refractivity contribution in [1.82, 2.24) is 0 Å². The van der Waals surface area contributed by atoms with E-state index in [4.69, 9.17) is 0 Å². The first-order valence-corrected chi connectivity index (χ1v) is 8.97. The summed E-state index contributed by atoms with van der Waals surface area (Å²) >= 11 is 0. The van der Waals surface area contributed by atoms with Crippen LogP contribution in [0, 0.1) is 5.41 Å².